The summed E-state index contributed by atoms with van der Waals surface area (Å²) >= 11 is 0. The molecule has 1 heterocycles. The fraction of sp³-hybridized carbons (Fsp3) is 0.768. The molecule has 0 aromatic carbocycles. The van der Waals surface area contributed by atoms with Crippen molar-refractivity contribution in [3.05, 3.63) is 72.9 Å². The molecular formula is C69H118O12. The average molecular weight is 1140 g/mol. The van der Waals surface area contributed by atoms with Gasteiger partial charge in [0.15, 0.2) is 24.6 Å². The number of aliphatic hydroxyl groups excluding tert-OH is 2. The molecule has 6 unspecified atom stereocenters. The van der Waals surface area contributed by atoms with Crippen molar-refractivity contribution >= 4 is 23.9 Å². The molecule has 1 saturated heterocycles. The van der Waals surface area contributed by atoms with E-state index in [9.17, 15) is 34.5 Å². The van der Waals surface area contributed by atoms with Crippen LogP contribution in [-0.4, -0.2) is 89.2 Å². The van der Waals surface area contributed by atoms with Crippen LogP contribution in [-0.2, 0) is 42.9 Å². The highest BCUT2D eigenvalue weighted by atomic mass is 16.7. The first-order chi connectivity index (χ1) is 39.6. The number of carbonyl (C=O) groups excluding carboxylic acids is 3. The molecule has 0 bridgehead atoms. The van der Waals surface area contributed by atoms with Crippen molar-refractivity contribution in [2.45, 2.75) is 327 Å². The van der Waals surface area contributed by atoms with Gasteiger partial charge in [0.1, 0.15) is 18.8 Å². The normalized spacial score (nSPS) is 18.2. The van der Waals surface area contributed by atoms with Crippen LogP contribution < -0.4 is 0 Å². The topological polar surface area (TPSA) is 175 Å². The van der Waals surface area contributed by atoms with Crippen LogP contribution in [0.3, 0.4) is 0 Å². The molecule has 0 amide bonds. The van der Waals surface area contributed by atoms with E-state index in [4.69, 9.17) is 23.7 Å². The van der Waals surface area contributed by atoms with E-state index >= 15 is 0 Å². The number of unbranched alkanes of at least 4 members (excludes halogenated alkanes) is 30. The molecule has 81 heavy (non-hydrogen) atoms. The molecule has 0 spiro atoms. The second-order valence-corrected chi connectivity index (χ2v) is 22.4. The van der Waals surface area contributed by atoms with Crippen molar-refractivity contribution < 1.29 is 58.2 Å². The maximum atomic E-state index is 13.2. The van der Waals surface area contributed by atoms with Crippen LogP contribution in [0.25, 0.3) is 0 Å². The van der Waals surface area contributed by atoms with Gasteiger partial charge in [-0.05, 0) is 89.9 Å². The molecular weight excluding hydrogens is 1020 g/mol. The molecule has 0 saturated carbocycles. The molecule has 1 aliphatic rings. The molecule has 466 valence electrons. The first-order valence-corrected chi connectivity index (χ1v) is 32.9. The van der Waals surface area contributed by atoms with Gasteiger partial charge in [-0.15, -0.1) is 0 Å². The largest absolute Gasteiger partial charge is 0.479 e. The number of esters is 3. The Kier molecular flexibility index (Phi) is 52.6. The summed E-state index contributed by atoms with van der Waals surface area (Å²) in [6.07, 6.45) is 60.0. The molecule has 1 rings (SSSR count). The molecule has 3 N–H and O–H groups in total. The van der Waals surface area contributed by atoms with Crippen molar-refractivity contribution in [3.8, 4) is 0 Å². The summed E-state index contributed by atoms with van der Waals surface area (Å²) in [6, 6.07) is 0. The van der Waals surface area contributed by atoms with Gasteiger partial charge in [-0.25, -0.2) is 4.79 Å². The highest BCUT2D eigenvalue weighted by molar-refractivity contribution is 5.74. The lowest BCUT2D eigenvalue weighted by Gasteiger charge is -2.40. The monoisotopic (exact) mass is 1140 g/mol. The second kappa shape index (κ2) is 56.6. The minimum atomic E-state index is -1.91. The zero-order chi connectivity index (χ0) is 58.9. The maximum absolute atomic E-state index is 13.2. The lowest BCUT2D eigenvalue weighted by molar-refractivity contribution is -0.301. The number of aliphatic carboxylic acids is 1. The number of hydrogen-bond acceptors (Lipinski definition) is 11. The third kappa shape index (κ3) is 46.3. The van der Waals surface area contributed by atoms with E-state index in [1.54, 1.807) is 0 Å². The summed E-state index contributed by atoms with van der Waals surface area (Å²) in [5.41, 5.74) is 0. The second-order valence-electron chi connectivity index (χ2n) is 22.4. The van der Waals surface area contributed by atoms with E-state index in [1.165, 1.54) is 122 Å². The van der Waals surface area contributed by atoms with Gasteiger partial charge in [0.05, 0.1) is 6.61 Å². The van der Waals surface area contributed by atoms with Crippen molar-refractivity contribution in [2.75, 3.05) is 13.2 Å². The molecule has 0 aromatic rings. The van der Waals surface area contributed by atoms with Crippen molar-refractivity contribution in [1.29, 1.82) is 0 Å². The summed E-state index contributed by atoms with van der Waals surface area (Å²) in [4.78, 5) is 51.3. The van der Waals surface area contributed by atoms with Crippen molar-refractivity contribution in [2.24, 2.45) is 0 Å². The molecule has 12 nitrogen and oxygen atoms in total. The molecule has 0 aliphatic carbocycles. The summed E-state index contributed by atoms with van der Waals surface area (Å²) in [7, 11) is 0. The Morgan fingerprint density at radius 3 is 1.21 bits per heavy atom. The number of carboxylic acid groups (broad SMARTS) is 1. The molecule has 1 fully saturated rings. The fourth-order valence-electron chi connectivity index (χ4n) is 9.74. The van der Waals surface area contributed by atoms with E-state index in [2.05, 4.69) is 93.7 Å². The van der Waals surface area contributed by atoms with Crippen LogP contribution in [0.5, 0.6) is 0 Å². The third-order valence-corrected chi connectivity index (χ3v) is 14.8. The van der Waals surface area contributed by atoms with Gasteiger partial charge in [0.25, 0.3) is 0 Å². The Balaban J connectivity index is 2.68. The summed E-state index contributed by atoms with van der Waals surface area (Å²) in [6.45, 7) is 5.88. The molecule has 1 aliphatic heterocycles. The van der Waals surface area contributed by atoms with Crippen LogP contribution in [0.15, 0.2) is 72.9 Å². The Hall–Kier alpha value is -3.84. The Labute approximate surface area is 493 Å². The maximum Gasteiger partial charge on any atom is 0.335 e. The van der Waals surface area contributed by atoms with Crippen LogP contribution in [0, 0.1) is 0 Å². The Morgan fingerprint density at radius 1 is 0.420 bits per heavy atom. The lowest BCUT2D eigenvalue weighted by atomic mass is 9.98. The van der Waals surface area contributed by atoms with Crippen LogP contribution in [0.4, 0.5) is 0 Å². The predicted molar refractivity (Wildman–Crippen MR) is 331 cm³/mol. The molecule has 6 atom stereocenters. The smallest absolute Gasteiger partial charge is 0.335 e. The van der Waals surface area contributed by atoms with E-state index in [0.717, 1.165) is 109 Å². The van der Waals surface area contributed by atoms with E-state index in [0.29, 0.717) is 19.3 Å². The van der Waals surface area contributed by atoms with Crippen LogP contribution in [0.2, 0.25) is 0 Å². The van der Waals surface area contributed by atoms with Crippen LogP contribution >= 0.6 is 0 Å². The number of ether oxygens (including phenoxy) is 5. The number of rotatable bonds is 56. The summed E-state index contributed by atoms with van der Waals surface area (Å²) in [5, 5.41) is 31.6. The van der Waals surface area contributed by atoms with Crippen LogP contribution in [0.1, 0.15) is 290 Å². The van der Waals surface area contributed by atoms with Gasteiger partial charge in [-0.2, -0.15) is 0 Å². The molecule has 0 aromatic heterocycles. The average Bonchev–Trinajstić information content (AvgIpc) is 3.53. The zero-order valence-electron chi connectivity index (χ0n) is 51.5. The first kappa shape index (κ1) is 75.2. The fourth-order valence-corrected chi connectivity index (χ4v) is 9.74. The summed E-state index contributed by atoms with van der Waals surface area (Å²) < 4.78 is 28.5. The minimum Gasteiger partial charge on any atom is -0.479 e. The Morgan fingerprint density at radius 2 is 0.778 bits per heavy atom. The van der Waals surface area contributed by atoms with E-state index in [-0.39, 0.29) is 25.9 Å². The van der Waals surface area contributed by atoms with E-state index in [1.807, 2.05) is 0 Å². The lowest BCUT2D eigenvalue weighted by Crippen LogP contribution is -2.61. The number of carboxylic acids is 1. The van der Waals surface area contributed by atoms with Gasteiger partial charge >= 0.3 is 23.9 Å². The van der Waals surface area contributed by atoms with E-state index < -0.39 is 67.3 Å². The number of hydrogen-bond donors (Lipinski definition) is 3. The quantitative estimate of drug-likeness (QED) is 0.0228. The standard InChI is InChI=1S/C69H118O12/c1-4-7-10-13-16-19-22-25-28-30-31-33-35-37-40-43-46-49-52-55-61(70)77-58-60(79-62(71)56-53-50-47-44-41-39-36-32-29-26-23-20-17-14-11-8-5-2)59-78-69-67(65(74)64(73)66(81-69)68(75)76)80-63(72)57-54-51-48-45-42-38-34-27-24-21-18-15-12-9-6-3/h7,10,16,19,25,27-28,31,33-34,37,40,60,64-67,69,73-74H,4-6,8-9,11-15,17-18,20-24,26,29-30,32,35-36,38-39,41-59H2,1-3H3,(H,75,76)/b10-7-,19-16-,28-25-,33-31-,34-27-,40-37-. The van der Waals surface area contributed by atoms with Crippen molar-refractivity contribution in [3.63, 3.8) is 0 Å². The molecule has 0 radical (unpaired) electrons. The minimum absolute atomic E-state index is 0.0471. The number of aliphatic hydroxyl groups is 2. The SMILES string of the molecule is CC/C=C\C/C=C\C/C=C\C/C=C\C/C=C\CCCCCC(=O)OCC(COC1OC(C(=O)O)C(O)C(O)C1OC(=O)CCCCCCC/C=C\CCCCCCCC)OC(=O)CCCCCCCCCCCCCCCCCCC. The molecule has 12 heteroatoms. The van der Waals surface area contributed by atoms with Gasteiger partial charge in [0, 0.05) is 19.3 Å². The zero-order valence-corrected chi connectivity index (χ0v) is 51.5. The van der Waals surface area contributed by atoms with Gasteiger partial charge in [-0.1, -0.05) is 254 Å². The highest BCUT2D eigenvalue weighted by Gasteiger charge is 2.50. The van der Waals surface area contributed by atoms with Gasteiger partial charge in [0.2, 0.25) is 0 Å². The van der Waals surface area contributed by atoms with Gasteiger partial charge in [-0.3, -0.25) is 14.4 Å². The summed E-state index contributed by atoms with van der Waals surface area (Å²) in [5.74, 6) is -3.15. The number of carbonyl (C=O) groups is 4. The van der Waals surface area contributed by atoms with Gasteiger partial charge < -0.3 is 39.0 Å². The highest BCUT2D eigenvalue weighted by Crippen LogP contribution is 2.27. The number of allylic oxidation sites excluding steroid dienone is 12. The van der Waals surface area contributed by atoms with Crippen molar-refractivity contribution in [1.82, 2.24) is 0 Å². The first-order valence-electron chi connectivity index (χ1n) is 32.9. The third-order valence-electron chi connectivity index (χ3n) is 14.8. The Bertz CT molecular complexity index is 1680. The predicted octanol–water partition coefficient (Wildman–Crippen LogP) is 17.7.